The zero-order valence-electron chi connectivity index (χ0n) is 8.71. The zero-order chi connectivity index (χ0) is 12.1. The van der Waals surface area contributed by atoms with Gasteiger partial charge in [-0.3, -0.25) is 10.4 Å². The molecule has 0 bridgehead atoms. The van der Waals surface area contributed by atoms with Crippen LogP contribution in [0.25, 0.3) is 0 Å². The number of hydrogen-bond acceptors (Lipinski definition) is 5. The van der Waals surface area contributed by atoms with Crippen molar-refractivity contribution in [1.29, 1.82) is 0 Å². The van der Waals surface area contributed by atoms with Crippen LogP contribution in [0.2, 0.25) is 5.15 Å². The first-order valence-electron chi connectivity index (χ1n) is 4.75. The van der Waals surface area contributed by atoms with Gasteiger partial charge < -0.3 is 5.73 Å². The molecule has 0 fully saturated rings. The molecule has 0 aliphatic carbocycles. The Bertz CT molecular complexity index is 510. The van der Waals surface area contributed by atoms with E-state index in [2.05, 4.69) is 25.7 Å². The number of pyridine rings is 1. The van der Waals surface area contributed by atoms with Crippen LogP contribution in [0.1, 0.15) is 5.69 Å². The fourth-order valence-corrected chi connectivity index (χ4v) is 1.17. The Labute approximate surface area is 103 Å². The average molecular weight is 249 g/mol. The summed E-state index contributed by atoms with van der Waals surface area (Å²) in [5.41, 5.74) is 8.97. The lowest BCUT2D eigenvalue weighted by Gasteiger charge is -2.01. The topological polar surface area (TPSA) is 89.1 Å². The number of nitrogens with one attached hydrogen (secondary N) is 1. The molecule has 0 spiro atoms. The van der Waals surface area contributed by atoms with Crippen LogP contribution in [0.4, 0.5) is 5.82 Å². The van der Waals surface area contributed by atoms with E-state index in [1.807, 2.05) is 6.07 Å². The first-order chi connectivity index (χ1) is 8.25. The molecule has 2 aromatic rings. The third kappa shape index (κ3) is 3.12. The summed E-state index contributed by atoms with van der Waals surface area (Å²) in [6, 6.07) is 8.63. The first-order valence-corrected chi connectivity index (χ1v) is 5.13. The summed E-state index contributed by atoms with van der Waals surface area (Å²) in [4.78, 5) is 4.05. The number of hydrazone groups is 1. The van der Waals surface area contributed by atoms with Crippen LogP contribution in [0.5, 0.6) is 0 Å². The van der Waals surface area contributed by atoms with Gasteiger partial charge in [-0.2, -0.15) is 5.10 Å². The average Bonchev–Trinajstić information content (AvgIpc) is 2.39. The largest absolute Gasteiger partial charge is 0.380 e. The Morgan fingerprint density at radius 1 is 1.24 bits per heavy atom. The number of amidine groups is 1. The lowest BCUT2D eigenvalue weighted by atomic mass is 10.3. The number of anilines is 1. The van der Waals surface area contributed by atoms with Crippen LogP contribution >= 0.6 is 11.6 Å². The molecule has 0 aliphatic heterocycles. The van der Waals surface area contributed by atoms with E-state index in [9.17, 15) is 0 Å². The molecule has 17 heavy (non-hydrogen) atoms. The molecule has 2 rings (SSSR count). The molecule has 0 saturated heterocycles. The molecule has 86 valence electrons. The zero-order valence-corrected chi connectivity index (χ0v) is 9.46. The van der Waals surface area contributed by atoms with E-state index < -0.39 is 0 Å². The van der Waals surface area contributed by atoms with Crippen molar-refractivity contribution in [2.45, 2.75) is 0 Å². The number of nitrogens with zero attached hydrogens (tertiary/aromatic N) is 4. The first kappa shape index (κ1) is 11.3. The molecule has 0 aliphatic rings. The predicted octanol–water partition coefficient (Wildman–Crippen LogP) is 1.26. The van der Waals surface area contributed by atoms with Gasteiger partial charge in [0, 0.05) is 6.20 Å². The summed E-state index contributed by atoms with van der Waals surface area (Å²) in [7, 11) is 0. The van der Waals surface area contributed by atoms with E-state index in [0.717, 1.165) is 0 Å². The van der Waals surface area contributed by atoms with Gasteiger partial charge in [-0.15, -0.1) is 10.2 Å². The monoisotopic (exact) mass is 248 g/mol. The standard InChI is InChI=1S/C10H9ClN6/c11-8-4-5-9(15-14-8)16-17-10(12)7-3-1-2-6-13-7/h1-6H,(H2,12,17)(H,15,16). The van der Waals surface area contributed by atoms with Gasteiger partial charge in [0.1, 0.15) is 5.69 Å². The van der Waals surface area contributed by atoms with Gasteiger partial charge in [-0.05, 0) is 24.3 Å². The highest BCUT2D eigenvalue weighted by atomic mass is 35.5. The summed E-state index contributed by atoms with van der Waals surface area (Å²) in [5.74, 6) is 0.718. The van der Waals surface area contributed by atoms with Crippen molar-refractivity contribution in [3.63, 3.8) is 0 Å². The molecule has 0 unspecified atom stereocenters. The molecule has 2 heterocycles. The number of nitrogens with two attached hydrogens (primary N) is 1. The van der Waals surface area contributed by atoms with Crippen LogP contribution in [-0.4, -0.2) is 21.0 Å². The van der Waals surface area contributed by atoms with Crippen molar-refractivity contribution in [1.82, 2.24) is 15.2 Å². The Kier molecular flexibility index (Phi) is 3.46. The smallest absolute Gasteiger partial charge is 0.169 e. The van der Waals surface area contributed by atoms with Crippen LogP contribution < -0.4 is 11.2 Å². The van der Waals surface area contributed by atoms with Gasteiger partial charge >= 0.3 is 0 Å². The maximum atomic E-state index is 5.72. The van der Waals surface area contributed by atoms with Crippen molar-refractivity contribution in [3.05, 3.63) is 47.4 Å². The van der Waals surface area contributed by atoms with E-state index in [1.54, 1.807) is 30.5 Å². The van der Waals surface area contributed by atoms with Crippen molar-refractivity contribution < 1.29 is 0 Å². The summed E-state index contributed by atoms with van der Waals surface area (Å²) in [5, 5.41) is 11.7. The molecule has 7 heteroatoms. The van der Waals surface area contributed by atoms with Gasteiger partial charge in [0.05, 0.1) is 0 Å². The highest BCUT2D eigenvalue weighted by Gasteiger charge is 1.99. The fourth-order valence-electron chi connectivity index (χ4n) is 1.06. The maximum Gasteiger partial charge on any atom is 0.169 e. The molecule has 0 atom stereocenters. The quantitative estimate of drug-likeness (QED) is 0.485. The van der Waals surface area contributed by atoms with Crippen molar-refractivity contribution in [3.8, 4) is 0 Å². The summed E-state index contributed by atoms with van der Waals surface area (Å²) < 4.78 is 0. The molecular weight excluding hydrogens is 240 g/mol. The van der Waals surface area contributed by atoms with Gasteiger partial charge in [0.25, 0.3) is 0 Å². The van der Waals surface area contributed by atoms with Crippen molar-refractivity contribution in [2.24, 2.45) is 10.8 Å². The van der Waals surface area contributed by atoms with Crippen LogP contribution in [0.3, 0.4) is 0 Å². The van der Waals surface area contributed by atoms with Crippen LogP contribution in [0.15, 0.2) is 41.6 Å². The second-order valence-corrected chi connectivity index (χ2v) is 3.45. The number of rotatable bonds is 3. The van der Waals surface area contributed by atoms with E-state index in [-0.39, 0.29) is 5.84 Å². The van der Waals surface area contributed by atoms with E-state index in [0.29, 0.717) is 16.7 Å². The van der Waals surface area contributed by atoms with Gasteiger partial charge in [-0.25, -0.2) is 0 Å². The third-order valence-electron chi connectivity index (χ3n) is 1.85. The lowest BCUT2D eigenvalue weighted by Crippen LogP contribution is -2.16. The minimum atomic E-state index is 0.266. The highest BCUT2D eigenvalue weighted by Crippen LogP contribution is 2.05. The van der Waals surface area contributed by atoms with Gasteiger partial charge in [-0.1, -0.05) is 17.7 Å². The van der Waals surface area contributed by atoms with E-state index in [1.165, 1.54) is 0 Å². The van der Waals surface area contributed by atoms with Crippen molar-refractivity contribution in [2.75, 3.05) is 5.43 Å². The minimum absolute atomic E-state index is 0.266. The molecule has 6 nitrogen and oxygen atoms in total. The van der Waals surface area contributed by atoms with Crippen molar-refractivity contribution >= 4 is 23.3 Å². The Hall–Kier alpha value is -2.21. The molecule has 0 aromatic carbocycles. The predicted molar refractivity (Wildman–Crippen MR) is 65.6 cm³/mol. The minimum Gasteiger partial charge on any atom is -0.380 e. The molecule has 0 saturated carbocycles. The van der Waals surface area contributed by atoms with Gasteiger partial charge in [0.15, 0.2) is 16.8 Å². The lowest BCUT2D eigenvalue weighted by molar-refractivity contribution is 1.02. The number of aromatic nitrogens is 3. The molecule has 3 N–H and O–H groups in total. The van der Waals surface area contributed by atoms with Gasteiger partial charge in [0.2, 0.25) is 0 Å². The molecule has 0 amide bonds. The summed E-state index contributed by atoms with van der Waals surface area (Å²) in [6.45, 7) is 0. The number of hydrogen-bond donors (Lipinski definition) is 2. The van der Waals surface area contributed by atoms with Crippen LogP contribution in [0, 0.1) is 0 Å². The maximum absolute atomic E-state index is 5.72. The summed E-state index contributed by atoms with van der Waals surface area (Å²) in [6.07, 6.45) is 1.64. The highest BCUT2D eigenvalue weighted by molar-refractivity contribution is 6.29. The second kappa shape index (κ2) is 5.22. The Balaban J connectivity index is 2.08. The van der Waals surface area contributed by atoms with E-state index in [4.69, 9.17) is 17.3 Å². The normalized spacial score (nSPS) is 11.2. The molecule has 0 radical (unpaired) electrons. The Morgan fingerprint density at radius 2 is 2.12 bits per heavy atom. The summed E-state index contributed by atoms with van der Waals surface area (Å²) >= 11 is 5.60. The fraction of sp³-hybridized carbons (Fsp3) is 0. The number of halogens is 1. The third-order valence-corrected chi connectivity index (χ3v) is 2.05. The second-order valence-electron chi connectivity index (χ2n) is 3.07. The Morgan fingerprint density at radius 3 is 2.76 bits per heavy atom. The molecular formula is C10H9ClN6. The molecule has 2 aromatic heterocycles. The van der Waals surface area contributed by atoms with E-state index >= 15 is 0 Å². The SMILES string of the molecule is N/C(=N\Nc1ccc(Cl)nn1)c1ccccn1. The van der Waals surface area contributed by atoms with Crippen LogP contribution in [-0.2, 0) is 0 Å².